The number of H-pyrrole nitrogens is 1. The fourth-order valence-corrected chi connectivity index (χ4v) is 3.70. The van der Waals surface area contributed by atoms with Gasteiger partial charge in [0.25, 0.3) is 5.56 Å². The molecule has 23 heavy (non-hydrogen) atoms. The molecular weight excluding hydrogens is 317 g/mol. The van der Waals surface area contributed by atoms with Gasteiger partial charge in [-0.1, -0.05) is 11.3 Å². The third-order valence-electron chi connectivity index (χ3n) is 3.88. The number of nitrogens with one attached hydrogen (secondary N) is 1. The molecule has 1 N–H and O–H groups in total. The molecule has 8 heteroatoms. The zero-order valence-electron chi connectivity index (χ0n) is 12.2. The van der Waals surface area contributed by atoms with Crippen LogP contribution in [0, 0.1) is 5.82 Å². The van der Waals surface area contributed by atoms with Gasteiger partial charge < -0.3 is 9.80 Å². The zero-order chi connectivity index (χ0) is 15.8. The number of piperazine rings is 1. The van der Waals surface area contributed by atoms with Crippen molar-refractivity contribution in [1.29, 1.82) is 0 Å². The molecule has 2 aromatic heterocycles. The third-order valence-corrected chi connectivity index (χ3v) is 4.96. The number of benzene rings is 1. The van der Waals surface area contributed by atoms with Crippen LogP contribution in [-0.4, -0.2) is 41.4 Å². The lowest BCUT2D eigenvalue weighted by atomic mass is 10.3. The summed E-state index contributed by atoms with van der Waals surface area (Å²) in [6, 6.07) is 7.89. The standard InChI is InChI=1S/C15H14FN5OS/c16-10-1-2-11-12(9-10)23-15(17-11)21-7-5-20(6-8-21)13-3-4-14(22)19-18-13/h1-4,9H,5-8H2,(H,19,22). The second-order valence-electron chi connectivity index (χ2n) is 5.36. The van der Waals surface area contributed by atoms with E-state index < -0.39 is 0 Å². The molecule has 0 radical (unpaired) electrons. The Hall–Kier alpha value is -2.48. The smallest absolute Gasteiger partial charge is 0.264 e. The first-order valence-electron chi connectivity index (χ1n) is 7.31. The number of thiazole rings is 1. The Balaban J connectivity index is 1.49. The lowest BCUT2D eigenvalue weighted by molar-refractivity contribution is 0.630. The largest absolute Gasteiger partial charge is 0.352 e. The van der Waals surface area contributed by atoms with Crippen LogP contribution in [0.1, 0.15) is 0 Å². The fourth-order valence-electron chi connectivity index (χ4n) is 2.66. The monoisotopic (exact) mass is 331 g/mol. The van der Waals surface area contributed by atoms with Gasteiger partial charge in [0, 0.05) is 32.2 Å². The lowest BCUT2D eigenvalue weighted by Gasteiger charge is -2.34. The van der Waals surface area contributed by atoms with Crippen LogP contribution in [0.4, 0.5) is 15.3 Å². The molecule has 0 unspecified atom stereocenters. The number of nitrogens with zero attached hydrogens (tertiary/aromatic N) is 4. The summed E-state index contributed by atoms with van der Waals surface area (Å²) in [5, 5.41) is 7.43. The Morgan fingerprint density at radius 3 is 2.61 bits per heavy atom. The van der Waals surface area contributed by atoms with Crippen LogP contribution in [0.2, 0.25) is 0 Å². The minimum Gasteiger partial charge on any atom is -0.352 e. The first-order valence-corrected chi connectivity index (χ1v) is 8.12. The molecule has 0 aliphatic carbocycles. The van der Waals surface area contributed by atoms with Gasteiger partial charge in [0.15, 0.2) is 5.13 Å². The van der Waals surface area contributed by atoms with Crippen molar-refractivity contribution in [2.45, 2.75) is 0 Å². The maximum atomic E-state index is 13.3. The number of aromatic nitrogens is 3. The summed E-state index contributed by atoms with van der Waals surface area (Å²) in [6.45, 7) is 3.21. The summed E-state index contributed by atoms with van der Waals surface area (Å²) in [4.78, 5) is 20.0. The van der Waals surface area contributed by atoms with Crippen molar-refractivity contribution >= 4 is 32.5 Å². The van der Waals surface area contributed by atoms with E-state index in [9.17, 15) is 9.18 Å². The summed E-state index contributed by atoms with van der Waals surface area (Å²) in [5.74, 6) is 0.539. The molecule has 4 rings (SSSR count). The van der Waals surface area contributed by atoms with Crippen molar-refractivity contribution in [2.24, 2.45) is 0 Å². The van der Waals surface area contributed by atoms with Crippen LogP contribution in [-0.2, 0) is 0 Å². The maximum absolute atomic E-state index is 13.3. The van der Waals surface area contributed by atoms with Gasteiger partial charge in [-0.2, -0.15) is 5.10 Å². The van der Waals surface area contributed by atoms with Crippen LogP contribution in [0.5, 0.6) is 0 Å². The minimum atomic E-state index is -0.235. The second kappa shape index (κ2) is 5.62. The van der Waals surface area contributed by atoms with Crippen molar-refractivity contribution in [1.82, 2.24) is 15.2 Å². The highest BCUT2D eigenvalue weighted by atomic mass is 32.1. The molecule has 1 aliphatic rings. The van der Waals surface area contributed by atoms with Crippen molar-refractivity contribution in [3.8, 4) is 0 Å². The Morgan fingerprint density at radius 2 is 1.87 bits per heavy atom. The van der Waals surface area contributed by atoms with Gasteiger partial charge in [-0.3, -0.25) is 4.79 Å². The van der Waals surface area contributed by atoms with Crippen molar-refractivity contribution in [3.63, 3.8) is 0 Å². The van der Waals surface area contributed by atoms with Crippen LogP contribution >= 0.6 is 11.3 Å². The van der Waals surface area contributed by atoms with Crippen LogP contribution in [0.25, 0.3) is 10.2 Å². The normalized spacial score (nSPS) is 15.3. The number of hydrogen-bond donors (Lipinski definition) is 1. The van der Waals surface area contributed by atoms with Gasteiger partial charge in [-0.05, 0) is 24.3 Å². The van der Waals surface area contributed by atoms with E-state index in [2.05, 4.69) is 25.0 Å². The SMILES string of the molecule is O=c1ccc(N2CCN(c3nc4ccc(F)cc4s3)CC2)n[nH]1. The van der Waals surface area contributed by atoms with E-state index in [1.807, 2.05) is 0 Å². The lowest BCUT2D eigenvalue weighted by Crippen LogP contribution is -2.47. The van der Waals surface area contributed by atoms with Gasteiger partial charge in [0.05, 0.1) is 10.2 Å². The predicted molar refractivity (Wildman–Crippen MR) is 88.9 cm³/mol. The number of halogens is 1. The van der Waals surface area contributed by atoms with Crippen LogP contribution < -0.4 is 15.4 Å². The van der Waals surface area contributed by atoms with Crippen LogP contribution in [0.15, 0.2) is 35.1 Å². The van der Waals surface area contributed by atoms with Crippen LogP contribution in [0.3, 0.4) is 0 Å². The van der Waals surface area contributed by atoms with E-state index in [4.69, 9.17) is 0 Å². The Labute approximate surface area is 135 Å². The summed E-state index contributed by atoms with van der Waals surface area (Å²) >= 11 is 1.51. The molecule has 0 amide bonds. The summed E-state index contributed by atoms with van der Waals surface area (Å²) < 4.78 is 14.1. The topological polar surface area (TPSA) is 65.1 Å². The van der Waals surface area contributed by atoms with Gasteiger partial charge in [-0.25, -0.2) is 14.5 Å². The minimum absolute atomic E-state index is 0.200. The van der Waals surface area contributed by atoms with Crippen molar-refractivity contribution in [2.75, 3.05) is 36.0 Å². The molecule has 1 saturated heterocycles. The average Bonchev–Trinajstić information content (AvgIpc) is 2.99. The first-order chi connectivity index (χ1) is 11.2. The van der Waals surface area contributed by atoms with E-state index in [1.165, 1.54) is 29.5 Å². The Morgan fingerprint density at radius 1 is 1.09 bits per heavy atom. The molecule has 118 valence electrons. The predicted octanol–water partition coefficient (Wildman–Crippen LogP) is 1.85. The quantitative estimate of drug-likeness (QED) is 0.776. The maximum Gasteiger partial charge on any atom is 0.264 e. The Bertz CT molecular complexity index is 880. The third kappa shape index (κ3) is 2.77. The van der Waals surface area contributed by atoms with E-state index >= 15 is 0 Å². The van der Waals surface area contributed by atoms with E-state index in [1.54, 1.807) is 12.1 Å². The molecule has 0 atom stereocenters. The van der Waals surface area contributed by atoms with Crippen molar-refractivity contribution < 1.29 is 4.39 Å². The molecule has 3 heterocycles. The summed E-state index contributed by atoms with van der Waals surface area (Å²) in [7, 11) is 0. The molecule has 6 nitrogen and oxygen atoms in total. The summed E-state index contributed by atoms with van der Waals surface area (Å²) in [6.07, 6.45) is 0. The van der Waals surface area contributed by atoms with Gasteiger partial charge in [0.1, 0.15) is 11.6 Å². The molecule has 1 fully saturated rings. The molecule has 0 saturated carbocycles. The van der Waals surface area contributed by atoms with E-state index in [0.29, 0.717) is 0 Å². The molecule has 0 bridgehead atoms. The van der Waals surface area contributed by atoms with Crippen molar-refractivity contribution in [3.05, 3.63) is 46.5 Å². The fraction of sp³-hybridized carbons (Fsp3) is 0.267. The van der Waals surface area contributed by atoms with Gasteiger partial charge in [0.2, 0.25) is 0 Å². The molecule has 0 spiro atoms. The Kier molecular flexibility index (Phi) is 3.45. The number of rotatable bonds is 2. The average molecular weight is 331 g/mol. The van der Waals surface area contributed by atoms with Gasteiger partial charge >= 0.3 is 0 Å². The molecule has 3 aromatic rings. The highest BCUT2D eigenvalue weighted by Gasteiger charge is 2.20. The van der Waals surface area contributed by atoms with E-state index in [-0.39, 0.29) is 11.4 Å². The molecular formula is C15H14FN5OS. The van der Waals surface area contributed by atoms with Gasteiger partial charge in [-0.15, -0.1) is 0 Å². The summed E-state index contributed by atoms with van der Waals surface area (Å²) in [5.41, 5.74) is 0.630. The molecule has 1 aromatic carbocycles. The molecule has 1 aliphatic heterocycles. The number of fused-ring (bicyclic) bond motifs is 1. The zero-order valence-corrected chi connectivity index (χ0v) is 13.0. The first kappa shape index (κ1) is 14.1. The second-order valence-corrected chi connectivity index (χ2v) is 6.37. The van der Waals surface area contributed by atoms with E-state index in [0.717, 1.165) is 47.3 Å². The number of aromatic amines is 1. The number of hydrogen-bond acceptors (Lipinski definition) is 6. The highest BCUT2D eigenvalue weighted by Crippen LogP contribution is 2.30. The highest BCUT2D eigenvalue weighted by molar-refractivity contribution is 7.22. The number of anilines is 2.